The maximum absolute atomic E-state index is 6.34. The van der Waals surface area contributed by atoms with Gasteiger partial charge in [-0.3, -0.25) is 4.98 Å². The molecule has 0 aliphatic heterocycles. The van der Waals surface area contributed by atoms with E-state index in [-0.39, 0.29) is 5.28 Å². The van der Waals surface area contributed by atoms with E-state index in [1.807, 2.05) is 84.9 Å². The van der Waals surface area contributed by atoms with E-state index in [1.165, 1.54) is 0 Å². The molecule has 0 amide bonds. The van der Waals surface area contributed by atoms with Gasteiger partial charge in [0.05, 0.1) is 15.9 Å². The van der Waals surface area contributed by atoms with Crippen LogP contribution in [0.25, 0.3) is 65.9 Å². The van der Waals surface area contributed by atoms with Gasteiger partial charge in [-0.05, 0) is 29.8 Å². The number of hydrogen-bond acceptors (Lipinski definition) is 7. The number of benzene rings is 3. The SMILES string of the molecule is Clc1nc(-c2ccc(-c3nc(-c4ccccc4)nc(-c4ccccc4)n3)nc2)c2sc3ccccc3c2n1. The summed E-state index contributed by atoms with van der Waals surface area (Å²) in [4.78, 5) is 28.1. The van der Waals surface area contributed by atoms with Gasteiger partial charge in [0, 0.05) is 33.0 Å². The number of nitrogens with zero attached hydrogens (tertiary/aromatic N) is 6. The van der Waals surface area contributed by atoms with Crippen molar-refractivity contribution in [2.75, 3.05) is 0 Å². The Labute approximate surface area is 226 Å². The molecule has 3 aromatic carbocycles. The summed E-state index contributed by atoms with van der Waals surface area (Å²) in [6, 6.07) is 31.8. The second kappa shape index (κ2) is 9.37. The first-order valence-corrected chi connectivity index (χ1v) is 13.1. The monoisotopic (exact) mass is 528 g/mol. The van der Waals surface area contributed by atoms with Crippen LogP contribution in [0.1, 0.15) is 0 Å². The van der Waals surface area contributed by atoms with Crippen molar-refractivity contribution in [1.29, 1.82) is 0 Å². The third kappa shape index (κ3) is 4.08. The van der Waals surface area contributed by atoms with E-state index in [1.54, 1.807) is 17.5 Å². The average Bonchev–Trinajstić information content (AvgIpc) is 3.36. The minimum atomic E-state index is 0.206. The molecule has 0 aliphatic rings. The molecule has 0 N–H and O–H groups in total. The third-order valence-electron chi connectivity index (χ3n) is 6.16. The Balaban J connectivity index is 1.35. The normalized spacial score (nSPS) is 11.3. The summed E-state index contributed by atoms with van der Waals surface area (Å²) in [5, 5.41) is 1.27. The molecule has 0 saturated heterocycles. The molecule has 7 aromatic rings. The fraction of sp³-hybridized carbons (Fsp3) is 0. The van der Waals surface area contributed by atoms with Crippen LogP contribution in [0, 0.1) is 0 Å². The van der Waals surface area contributed by atoms with Crippen LogP contribution >= 0.6 is 22.9 Å². The summed E-state index contributed by atoms with van der Waals surface area (Å²) in [6.07, 6.45) is 1.78. The van der Waals surface area contributed by atoms with E-state index in [9.17, 15) is 0 Å². The van der Waals surface area contributed by atoms with Crippen LogP contribution in [0.5, 0.6) is 0 Å². The highest BCUT2D eigenvalue weighted by atomic mass is 35.5. The molecule has 180 valence electrons. The summed E-state index contributed by atoms with van der Waals surface area (Å²) in [5.74, 6) is 1.68. The smallest absolute Gasteiger partial charge is 0.223 e. The Morgan fingerprint density at radius 1 is 0.553 bits per heavy atom. The van der Waals surface area contributed by atoms with Crippen molar-refractivity contribution >= 4 is 43.2 Å². The number of hydrogen-bond donors (Lipinski definition) is 0. The quantitative estimate of drug-likeness (QED) is 0.217. The van der Waals surface area contributed by atoms with Gasteiger partial charge in [-0.15, -0.1) is 11.3 Å². The number of aromatic nitrogens is 6. The van der Waals surface area contributed by atoms with Crippen molar-refractivity contribution in [3.8, 4) is 45.6 Å². The van der Waals surface area contributed by atoms with Gasteiger partial charge in [0.15, 0.2) is 17.5 Å². The number of fused-ring (bicyclic) bond motifs is 3. The van der Waals surface area contributed by atoms with Crippen molar-refractivity contribution in [2.45, 2.75) is 0 Å². The highest BCUT2D eigenvalue weighted by Crippen LogP contribution is 2.38. The minimum absolute atomic E-state index is 0.206. The molecule has 0 bridgehead atoms. The molecule has 4 aromatic heterocycles. The Hall–Kier alpha value is -4.59. The lowest BCUT2D eigenvalue weighted by Gasteiger charge is -2.08. The van der Waals surface area contributed by atoms with E-state index in [2.05, 4.69) is 22.1 Å². The third-order valence-corrected chi connectivity index (χ3v) is 7.49. The first-order valence-electron chi connectivity index (χ1n) is 11.9. The van der Waals surface area contributed by atoms with Gasteiger partial charge in [-0.1, -0.05) is 78.9 Å². The zero-order valence-electron chi connectivity index (χ0n) is 19.8. The molecule has 0 radical (unpaired) electrons. The molecule has 0 aliphatic carbocycles. The molecule has 0 saturated carbocycles. The van der Waals surface area contributed by atoms with Crippen LogP contribution in [-0.2, 0) is 0 Å². The van der Waals surface area contributed by atoms with Crippen molar-refractivity contribution in [3.05, 3.63) is 109 Å². The molecule has 0 fully saturated rings. The van der Waals surface area contributed by atoms with E-state index in [4.69, 9.17) is 31.5 Å². The van der Waals surface area contributed by atoms with Crippen molar-refractivity contribution in [2.24, 2.45) is 0 Å². The number of thiophene rings is 1. The summed E-state index contributed by atoms with van der Waals surface area (Å²) in [7, 11) is 0. The Bertz CT molecular complexity index is 1870. The van der Waals surface area contributed by atoms with Gasteiger partial charge in [0.25, 0.3) is 0 Å². The lowest BCUT2D eigenvalue weighted by atomic mass is 10.1. The van der Waals surface area contributed by atoms with Crippen LogP contribution in [0.15, 0.2) is 103 Å². The lowest BCUT2D eigenvalue weighted by Crippen LogP contribution is -2.01. The number of rotatable bonds is 4. The molecule has 7 rings (SSSR count). The van der Waals surface area contributed by atoms with E-state index >= 15 is 0 Å². The summed E-state index contributed by atoms with van der Waals surface area (Å²) in [5.41, 5.74) is 4.90. The molecule has 0 spiro atoms. The molecule has 38 heavy (non-hydrogen) atoms. The fourth-order valence-electron chi connectivity index (χ4n) is 4.35. The van der Waals surface area contributed by atoms with Gasteiger partial charge < -0.3 is 0 Å². The highest BCUT2D eigenvalue weighted by molar-refractivity contribution is 7.26. The molecular weight excluding hydrogens is 512 g/mol. The lowest BCUT2D eigenvalue weighted by molar-refractivity contribution is 1.06. The first-order chi connectivity index (χ1) is 18.7. The van der Waals surface area contributed by atoms with Crippen LogP contribution in [-0.4, -0.2) is 29.9 Å². The average molecular weight is 529 g/mol. The Morgan fingerprint density at radius 3 is 1.84 bits per heavy atom. The summed E-state index contributed by atoms with van der Waals surface area (Å²) in [6.45, 7) is 0. The minimum Gasteiger partial charge on any atom is -0.252 e. The van der Waals surface area contributed by atoms with Gasteiger partial charge in [-0.25, -0.2) is 24.9 Å². The van der Waals surface area contributed by atoms with Crippen molar-refractivity contribution in [1.82, 2.24) is 29.9 Å². The zero-order valence-corrected chi connectivity index (χ0v) is 21.4. The summed E-state index contributed by atoms with van der Waals surface area (Å²) >= 11 is 7.99. The Kier molecular flexibility index (Phi) is 5.57. The molecule has 4 heterocycles. The van der Waals surface area contributed by atoms with Crippen LogP contribution in [0.2, 0.25) is 5.28 Å². The van der Waals surface area contributed by atoms with Crippen LogP contribution in [0.3, 0.4) is 0 Å². The molecule has 6 nitrogen and oxygen atoms in total. The number of pyridine rings is 1. The van der Waals surface area contributed by atoms with Gasteiger partial charge in [-0.2, -0.15) is 0 Å². The fourth-order valence-corrected chi connectivity index (χ4v) is 5.67. The first kappa shape index (κ1) is 22.6. The number of halogens is 1. The topological polar surface area (TPSA) is 77.3 Å². The maximum Gasteiger partial charge on any atom is 0.223 e. The second-order valence-corrected chi connectivity index (χ2v) is 9.98. The van der Waals surface area contributed by atoms with E-state index < -0.39 is 0 Å². The molecule has 8 heteroatoms. The predicted molar refractivity (Wildman–Crippen MR) is 153 cm³/mol. The van der Waals surface area contributed by atoms with Gasteiger partial charge >= 0.3 is 0 Å². The van der Waals surface area contributed by atoms with E-state index in [0.717, 1.165) is 42.7 Å². The highest BCUT2D eigenvalue weighted by Gasteiger charge is 2.17. The zero-order chi connectivity index (χ0) is 25.5. The van der Waals surface area contributed by atoms with Gasteiger partial charge in [0.2, 0.25) is 5.28 Å². The maximum atomic E-state index is 6.34. The van der Waals surface area contributed by atoms with Gasteiger partial charge in [0.1, 0.15) is 5.69 Å². The van der Waals surface area contributed by atoms with Crippen LogP contribution in [0.4, 0.5) is 0 Å². The summed E-state index contributed by atoms with van der Waals surface area (Å²) < 4.78 is 2.11. The van der Waals surface area contributed by atoms with E-state index in [0.29, 0.717) is 23.2 Å². The van der Waals surface area contributed by atoms with Crippen molar-refractivity contribution < 1.29 is 0 Å². The van der Waals surface area contributed by atoms with Crippen molar-refractivity contribution in [3.63, 3.8) is 0 Å². The standard InChI is InChI=1S/C30H17ClN6S/c31-30-33-24(26-25(34-30)21-13-7-8-14-23(21)38-26)20-15-16-22(32-17-20)29-36-27(18-9-3-1-4-10-18)35-28(37-29)19-11-5-2-6-12-19/h1-17H. The molecule has 0 atom stereocenters. The molecule has 0 unspecified atom stereocenters. The largest absolute Gasteiger partial charge is 0.252 e. The Morgan fingerprint density at radius 2 is 1.18 bits per heavy atom. The molecular formula is C30H17ClN6S. The van der Waals surface area contributed by atoms with Crippen LogP contribution < -0.4 is 0 Å². The predicted octanol–water partition coefficient (Wildman–Crippen LogP) is 7.75. The second-order valence-electron chi connectivity index (χ2n) is 8.59.